The van der Waals surface area contributed by atoms with Crippen LogP contribution in [-0.4, -0.2) is 18.1 Å². The second-order valence-electron chi connectivity index (χ2n) is 4.62. The summed E-state index contributed by atoms with van der Waals surface area (Å²) in [5.74, 6) is 0.419. The van der Waals surface area contributed by atoms with E-state index >= 15 is 0 Å². The SMILES string of the molecule is COC(=O)c1nc(C2CC2c2ccccc2)sc1N. The summed E-state index contributed by atoms with van der Waals surface area (Å²) in [4.78, 5) is 15.8. The molecule has 0 spiro atoms. The summed E-state index contributed by atoms with van der Waals surface area (Å²) in [6.45, 7) is 0. The van der Waals surface area contributed by atoms with Crippen molar-refractivity contribution < 1.29 is 9.53 Å². The van der Waals surface area contributed by atoms with Gasteiger partial charge in [-0.15, -0.1) is 11.3 Å². The van der Waals surface area contributed by atoms with Crippen molar-refractivity contribution in [2.75, 3.05) is 12.8 Å². The lowest BCUT2D eigenvalue weighted by Gasteiger charge is -1.97. The summed E-state index contributed by atoms with van der Waals surface area (Å²) >= 11 is 1.39. The molecule has 1 aliphatic rings. The van der Waals surface area contributed by atoms with E-state index in [1.165, 1.54) is 24.0 Å². The molecule has 98 valence electrons. The molecule has 0 saturated heterocycles. The molecule has 2 atom stereocenters. The molecular formula is C14H14N2O2S. The molecule has 4 nitrogen and oxygen atoms in total. The molecule has 0 bridgehead atoms. The van der Waals surface area contributed by atoms with Gasteiger partial charge < -0.3 is 10.5 Å². The van der Waals surface area contributed by atoms with Crippen LogP contribution in [0.1, 0.15) is 39.3 Å². The Bertz CT molecular complexity index is 609. The molecule has 1 saturated carbocycles. The third-order valence-corrected chi connectivity index (χ3v) is 4.40. The number of nitrogen functional groups attached to an aromatic ring is 1. The molecule has 1 aromatic carbocycles. The molecule has 1 aromatic heterocycles. The zero-order valence-corrected chi connectivity index (χ0v) is 11.3. The van der Waals surface area contributed by atoms with Gasteiger partial charge in [-0.25, -0.2) is 9.78 Å². The van der Waals surface area contributed by atoms with Crippen LogP contribution in [0.15, 0.2) is 30.3 Å². The summed E-state index contributed by atoms with van der Waals surface area (Å²) in [5, 5.41) is 1.38. The van der Waals surface area contributed by atoms with E-state index in [0.717, 1.165) is 11.4 Å². The summed E-state index contributed by atoms with van der Waals surface area (Å²) in [6, 6.07) is 10.4. The Hall–Kier alpha value is -1.88. The lowest BCUT2D eigenvalue weighted by molar-refractivity contribution is 0.0596. The topological polar surface area (TPSA) is 65.2 Å². The van der Waals surface area contributed by atoms with E-state index in [-0.39, 0.29) is 5.69 Å². The zero-order valence-electron chi connectivity index (χ0n) is 10.5. The van der Waals surface area contributed by atoms with Crippen LogP contribution >= 0.6 is 11.3 Å². The maximum absolute atomic E-state index is 11.5. The van der Waals surface area contributed by atoms with Crippen molar-refractivity contribution >= 4 is 22.3 Å². The number of carbonyl (C=O) groups excluding carboxylic acids is 1. The van der Waals surface area contributed by atoms with Crippen LogP contribution < -0.4 is 5.73 Å². The second kappa shape index (κ2) is 4.66. The number of methoxy groups -OCH3 is 1. The molecule has 1 aliphatic carbocycles. The van der Waals surface area contributed by atoms with Crippen LogP contribution in [-0.2, 0) is 4.74 Å². The highest BCUT2D eigenvalue weighted by molar-refractivity contribution is 7.16. The normalized spacial score (nSPS) is 21.1. The van der Waals surface area contributed by atoms with Crippen molar-refractivity contribution in [2.24, 2.45) is 0 Å². The number of rotatable bonds is 3. The average Bonchev–Trinajstić information content (AvgIpc) is 3.16. The number of nitrogens with zero attached hydrogens (tertiary/aromatic N) is 1. The minimum absolute atomic E-state index is 0.251. The van der Waals surface area contributed by atoms with Crippen LogP contribution in [0.3, 0.4) is 0 Å². The monoisotopic (exact) mass is 274 g/mol. The molecule has 1 heterocycles. The molecule has 0 aliphatic heterocycles. The third kappa shape index (κ3) is 2.21. The summed E-state index contributed by atoms with van der Waals surface area (Å²) in [7, 11) is 1.34. The second-order valence-corrected chi connectivity index (χ2v) is 5.68. The first-order valence-corrected chi connectivity index (χ1v) is 6.91. The molecule has 1 fully saturated rings. The van der Waals surface area contributed by atoms with Crippen LogP contribution in [0.2, 0.25) is 0 Å². The van der Waals surface area contributed by atoms with Gasteiger partial charge in [-0.2, -0.15) is 0 Å². The Labute approximate surface area is 115 Å². The quantitative estimate of drug-likeness (QED) is 0.874. The lowest BCUT2D eigenvalue weighted by atomic mass is 10.1. The first kappa shape index (κ1) is 12.2. The highest BCUT2D eigenvalue weighted by Crippen LogP contribution is 2.55. The number of ether oxygens (including phenoxy) is 1. The minimum Gasteiger partial charge on any atom is -0.464 e. The standard InChI is InChI=1S/C14H14N2O2S/c1-18-14(17)11-12(15)19-13(16-11)10-7-9(10)8-5-3-2-4-6-8/h2-6,9-10H,7,15H2,1H3. The third-order valence-electron chi connectivity index (χ3n) is 3.38. The van der Waals surface area contributed by atoms with Crippen molar-refractivity contribution in [3.05, 3.63) is 46.6 Å². The summed E-state index contributed by atoms with van der Waals surface area (Å²) in [5.41, 5.74) is 7.39. The fourth-order valence-electron chi connectivity index (χ4n) is 2.29. The van der Waals surface area contributed by atoms with E-state index in [1.54, 1.807) is 0 Å². The van der Waals surface area contributed by atoms with Crippen LogP contribution in [0.5, 0.6) is 0 Å². The molecule has 2 aromatic rings. The Morgan fingerprint density at radius 2 is 2.11 bits per heavy atom. The van der Waals surface area contributed by atoms with E-state index in [1.807, 2.05) is 18.2 Å². The van der Waals surface area contributed by atoms with Gasteiger partial charge in [-0.05, 0) is 17.9 Å². The summed E-state index contributed by atoms with van der Waals surface area (Å²) in [6.07, 6.45) is 1.07. The fourth-order valence-corrected chi connectivity index (χ4v) is 3.29. The zero-order chi connectivity index (χ0) is 13.4. The Morgan fingerprint density at radius 1 is 1.37 bits per heavy atom. The molecule has 2 unspecified atom stereocenters. The highest BCUT2D eigenvalue weighted by atomic mass is 32.1. The maximum atomic E-state index is 11.5. The van der Waals surface area contributed by atoms with Gasteiger partial charge in [-0.1, -0.05) is 30.3 Å². The number of benzene rings is 1. The molecule has 3 rings (SSSR count). The van der Waals surface area contributed by atoms with Gasteiger partial charge in [0, 0.05) is 5.92 Å². The van der Waals surface area contributed by atoms with E-state index in [0.29, 0.717) is 16.8 Å². The van der Waals surface area contributed by atoms with Gasteiger partial charge in [0.05, 0.1) is 12.1 Å². The van der Waals surface area contributed by atoms with E-state index < -0.39 is 5.97 Å². The largest absolute Gasteiger partial charge is 0.464 e. The van der Waals surface area contributed by atoms with E-state index in [9.17, 15) is 4.79 Å². The number of hydrogen-bond acceptors (Lipinski definition) is 5. The van der Waals surface area contributed by atoms with Gasteiger partial charge in [0.25, 0.3) is 0 Å². The number of thiazole rings is 1. The van der Waals surface area contributed by atoms with Gasteiger partial charge in [-0.3, -0.25) is 0 Å². The number of esters is 1. The highest BCUT2D eigenvalue weighted by Gasteiger charge is 2.42. The molecule has 2 N–H and O–H groups in total. The number of hydrogen-bond donors (Lipinski definition) is 1. The first-order valence-electron chi connectivity index (χ1n) is 6.10. The van der Waals surface area contributed by atoms with Gasteiger partial charge in [0.2, 0.25) is 0 Å². The van der Waals surface area contributed by atoms with Crippen LogP contribution in [0.25, 0.3) is 0 Å². The molecular weight excluding hydrogens is 260 g/mol. The van der Waals surface area contributed by atoms with Crippen molar-refractivity contribution in [1.82, 2.24) is 4.98 Å². The first-order chi connectivity index (χ1) is 9.20. The maximum Gasteiger partial charge on any atom is 0.359 e. The minimum atomic E-state index is -0.461. The van der Waals surface area contributed by atoms with Crippen LogP contribution in [0, 0.1) is 0 Å². The molecule has 19 heavy (non-hydrogen) atoms. The van der Waals surface area contributed by atoms with Crippen molar-refractivity contribution in [1.29, 1.82) is 0 Å². The molecule has 0 amide bonds. The molecule has 5 heteroatoms. The number of anilines is 1. The Balaban J connectivity index is 1.81. The smallest absolute Gasteiger partial charge is 0.359 e. The van der Waals surface area contributed by atoms with Crippen LogP contribution in [0.4, 0.5) is 5.00 Å². The number of aromatic nitrogens is 1. The number of nitrogens with two attached hydrogens (primary N) is 1. The van der Waals surface area contributed by atoms with Gasteiger partial charge in [0.1, 0.15) is 5.00 Å². The predicted octanol–water partition coefficient (Wildman–Crippen LogP) is 2.78. The fraction of sp³-hybridized carbons (Fsp3) is 0.286. The lowest BCUT2D eigenvalue weighted by Crippen LogP contribution is -2.04. The van der Waals surface area contributed by atoms with Gasteiger partial charge in [0.15, 0.2) is 5.69 Å². The van der Waals surface area contributed by atoms with Crippen molar-refractivity contribution in [2.45, 2.75) is 18.3 Å². The Morgan fingerprint density at radius 3 is 2.79 bits per heavy atom. The number of carbonyl (C=O) groups is 1. The summed E-state index contributed by atoms with van der Waals surface area (Å²) < 4.78 is 4.67. The van der Waals surface area contributed by atoms with E-state index in [4.69, 9.17) is 5.73 Å². The van der Waals surface area contributed by atoms with Crippen molar-refractivity contribution in [3.63, 3.8) is 0 Å². The van der Waals surface area contributed by atoms with Gasteiger partial charge >= 0.3 is 5.97 Å². The molecule has 0 radical (unpaired) electrons. The predicted molar refractivity (Wildman–Crippen MR) is 74.4 cm³/mol. The Kier molecular flexibility index (Phi) is 2.98. The average molecular weight is 274 g/mol. The van der Waals surface area contributed by atoms with Crippen molar-refractivity contribution in [3.8, 4) is 0 Å². The van der Waals surface area contributed by atoms with E-state index in [2.05, 4.69) is 21.9 Å².